The van der Waals surface area contributed by atoms with E-state index in [9.17, 15) is 43.2 Å². The average Bonchev–Trinajstić information content (AvgIpc) is 0.946. The van der Waals surface area contributed by atoms with Crippen LogP contribution in [0.25, 0.3) is 0 Å². The number of unbranched alkanes of at least 4 members (excludes halogenated alkanes) is 53. The van der Waals surface area contributed by atoms with Crippen LogP contribution in [0.4, 0.5) is 0 Å². The van der Waals surface area contributed by atoms with Crippen LogP contribution in [0.15, 0.2) is 0 Å². The van der Waals surface area contributed by atoms with Crippen LogP contribution < -0.4 is 0 Å². The molecule has 3 N–H and O–H groups in total. The van der Waals surface area contributed by atoms with Gasteiger partial charge >= 0.3 is 39.5 Å². The fourth-order valence-electron chi connectivity index (χ4n) is 12.6. The number of aliphatic hydroxyl groups excluding tert-OH is 1. The molecule has 0 aromatic rings. The molecule has 0 rings (SSSR count). The second-order valence-corrected chi connectivity index (χ2v) is 32.5. The van der Waals surface area contributed by atoms with Gasteiger partial charge in [0.15, 0.2) is 12.2 Å². The summed E-state index contributed by atoms with van der Waals surface area (Å²) in [5.41, 5.74) is 0. The van der Waals surface area contributed by atoms with Crippen molar-refractivity contribution in [1.29, 1.82) is 0 Å². The monoisotopic (exact) mass is 1470 g/mol. The van der Waals surface area contributed by atoms with Gasteiger partial charge in [-0.3, -0.25) is 37.3 Å². The summed E-state index contributed by atoms with van der Waals surface area (Å²) in [6.07, 6.45) is 65.9. The maximum absolute atomic E-state index is 13.1. The molecule has 0 aliphatic carbocycles. The standard InChI is InChI=1S/C81H158O17P2/c1-6-9-12-15-18-21-23-25-27-29-31-33-35-37-39-41-43-45-47-50-56-61-66-80(85)97-76(70-92-79(84)65-60-55-49-46-44-42-40-38-36-34-32-30-28-26-24-22-19-16-13-10-7-2)72-95-99(87,88)93-68-75(82)69-94-100(89,90)96-73-77(71-91-78(83)64-59-54-48-20-17-14-11-8-3)98-81(86)67-62-57-52-51-53-58-63-74(4)5/h74-77,82H,6-73H2,1-5H3,(H,87,88)(H,89,90)/t75-,76-,77-/m1/s1. The first-order valence-corrected chi connectivity index (χ1v) is 45.1. The maximum atomic E-state index is 13.1. The Morgan fingerprint density at radius 1 is 0.270 bits per heavy atom. The Balaban J connectivity index is 5.12. The molecule has 0 aromatic carbocycles. The lowest BCUT2D eigenvalue weighted by Gasteiger charge is -2.21. The second kappa shape index (κ2) is 73.9. The molecule has 0 amide bonds. The van der Waals surface area contributed by atoms with Crippen LogP contribution in [0.1, 0.15) is 433 Å². The van der Waals surface area contributed by atoms with Crippen molar-refractivity contribution >= 4 is 39.5 Å². The molecule has 17 nitrogen and oxygen atoms in total. The summed E-state index contributed by atoms with van der Waals surface area (Å²) in [6.45, 7) is 7.19. The Labute approximate surface area is 613 Å². The van der Waals surface area contributed by atoms with E-state index in [1.807, 2.05) is 0 Å². The SMILES string of the molecule is CCCCCCCCCCCCCCCCCCCCCCCCC(=O)O[C@H](COC(=O)CCCCCCCCCCCCCCCCCCCCCCC)COP(=O)(O)OC[C@@H](O)COP(=O)(O)OC[C@@H](COC(=O)CCCCCCCCCC)OC(=O)CCCCCCCCC(C)C. The van der Waals surface area contributed by atoms with E-state index in [1.165, 1.54) is 250 Å². The van der Waals surface area contributed by atoms with Gasteiger partial charge in [-0.05, 0) is 31.6 Å². The molecule has 0 fully saturated rings. The number of rotatable bonds is 81. The molecule has 0 aromatic heterocycles. The molecule has 2 unspecified atom stereocenters. The lowest BCUT2D eigenvalue weighted by molar-refractivity contribution is -0.161. The van der Waals surface area contributed by atoms with Gasteiger partial charge in [0.25, 0.3) is 0 Å². The van der Waals surface area contributed by atoms with Crippen molar-refractivity contribution in [1.82, 2.24) is 0 Å². The third-order valence-electron chi connectivity index (χ3n) is 19.0. The highest BCUT2D eigenvalue weighted by Gasteiger charge is 2.30. The number of hydrogen-bond donors (Lipinski definition) is 3. The predicted molar refractivity (Wildman–Crippen MR) is 409 cm³/mol. The normalized spacial score (nSPS) is 13.8. The predicted octanol–water partition coefficient (Wildman–Crippen LogP) is 24.4. The van der Waals surface area contributed by atoms with Gasteiger partial charge in [0, 0.05) is 25.7 Å². The summed E-state index contributed by atoms with van der Waals surface area (Å²) in [5.74, 6) is -1.45. The summed E-state index contributed by atoms with van der Waals surface area (Å²) in [6, 6.07) is 0. The van der Waals surface area contributed by atoms with Crippen LogP contribution in [0.5, 0.6) is 0 Å². The van der Waals surface area contributed by atoms with Crippen molar-refractivity contribution in [2.24, 2.45) is 5.92 Å². The van der Waals surface area contributed by atoms with E-state index in [-0.39, 0.29) is 25.7 Å². The Morgan fingerprint density at radius 2 is 0.460 bits per heavy atom. The number of phosphoric acid groups is 2. The fraction of sp³-hybridized carbons (Fsp3) is 0.951. The summed E-state index contributed by atoms with van der Waals surface area (Å²) >= 11 is 0. The first-order valence-electron chi connectivity index (χ1n) is 42.1. The Hall–Kier alpha value is -1.94. The van der Waals surface area contributed by atoms with Crippen LogP contribution in [0.3, 0.4) is 0 Å². The molecular weight excluding hydrogens is 1310 g/mol. The molecule has 0 spiro atoms. The summed E-state index contributed by atoms with van der Waals surface area (Å²) in [4.78, 5) is 72.8. The summed E-state index contributed by atoms with van der Waals surface area (Å²) in [7, 11) is -9.91. The minimum atomic E-state index is -4.96. The third-order valence-corrected chi connectivity index (χ3v) is 20.9. The van der Waals surface area contributed by atoms with E-state index in [4.69, 9.17) is 37.0 Å². The van der Waals surface area contributed by atoms with Crippen molar-refractivity contribution in [3.05, 3.63) is 0 Å². The minimum absolute atomic E-state index is 0.102. The molecule has 0 heterocycles. The third kappa shape index (κ3) is 74.3. The highest BCUT2D eigenvalue weighted by Crippen LogP contribution is 2.45. The van der Waals surface area contributed by atoms with E-state index >= 15 is 0 Å². The van der Waals surface area contributed by atoms with Gasteiger partial charge in [-0.15, -0.1) is 0 Å². The van der Waals surface area contributed by atoms with Gasteiger partial charge in [0.05, 0.1) is 26.4 Å². The highest BCUT2D eigenvalue weighted by molar-refractivity contribution is 7.47. The van der Waals surface area contributed by atoms with Crippen molar-refractivity contribution in [2.45, 2.75) is 451 Å². The largest absolute Gasteiger partial charge is 0.472 e. The lowest BCUT2D eigenvalue weighted by Crippen LogP contribution is -2.30. The number of ether oxygens (including phenoxy) is 4. The number of carbonyl (C=O) groups is 4. The van der Waals surface area contributed by atoms with Crippen molar-refractivity contribution in [3.63, 3.8) is 0 Å². The molecule has 0 saturated carbocycles. The number of hydrogen-bond acceptors (Lipinski definition) is 15. The van der Waals surface area contributed by atoms with Gasteiger partial charge in [-0.25, -0.2) is 9.13 Å². The van der Waals surface area contributed by atoms with E-state index in [0.29, 0.717) is 31.6 Å². The topological polar surface area (TPSA) is 237 Å². The van der Waals surface area contributed by atoms with Crippen LogP contribution in [0, 0.1) is 5.92 Å². The molecule has 0 aliphatic heterocycles. The molecule has 0 aliphatic rings. The lowest BCUT2D eigenvalue weighted by atomic mass is 10.0. The van der Waals surface area contributed by atoms with Gasteiger partial charge in [-0.2, -0.15) is 0 Å². The smallest absolute Gasteiger partial charge is 0.462 e. The van der Waals surface area contributed by atoms with Gasteiger partial charge in [-0.1, -0.05) is 381 Å². The van der Waals surface area contributed by atoms with Gasteiger partial charge in [0.1, 0.15) is 19.3 Å². The number of esters is 4. The number of aliphatic hydroxyl groups is 1. The average molecular weight is 1470 g/mol. The quantitative estimate of drug-likeness (QED) is 0.0222. The zero-order valence-electron chi connectivity index (χ0n) is 65.3. The summed E-state index contributed by atoms with van der Waals surface area (Å²) in [5, 5.41) is 10.6. The highest BCUT2D eigenvalue weighted by atomic mass is 31.2. The van der Waals surface area contributed by atoms with Crippen LogP contribution in [0.2, 0.25) is 0 Å². The van der Waals surface area contributed by atoms with Crippen LogP contribution in [-0.4, -0.2) is 96.7 Å². The van der Waals surface area contributed by atoms with Crippen molar-refractivity contribution < 1.29 is 80.2 Å². The first-order chi connectivity index (χ1) is 48.5. The Morgan fingerprint density at radius 3 is 0.680 bits per heavy atom. The van der Waals surface area contributed by atoms with Gasteiger partial charge < -0.3 is 33.8 Å². The molecule has 5 atom stereocenters. The zero-order valence-corrected chi connectivity index (χ0v) is 67.1. The first kappa shape index (κ1) is 98.1. The molecule has 0 saturated heterocycles. The van der Waals surface area contributed by atoms with E-state index in [1.54, 1.807) is 0 Å². The minimum Gasteiger partial charge on any atom is -0.462 e. The van der Waals surface area contributed by atoms with Crippen molar-refractivity contribution in [3.8, 4) is 0 Å². The van der Waals surface area contributed by atoms with Crippen LogP contribution in [-0.2, 0) is 65.4 Å². The maximum Gasteiger partial charge on any atom is 0.472 e. The number of carbonyl (C=O) groups excluding carboxylic acids is 4. The number of phosphoric ester groups is 2. The molecule has 594 valence electrons. The van der Waals surface area contributed by atoms with E-state index in [0.717, 1.165) is 96.3 Å². The molecule has 0 bridgehead atoms. The van der Waals surface area contributed by atoms with Gasteiger partial charge in [0.2, 0.25) is 0 Å². The summed E-state index contributed by atoms with van der Waals surface area (Å²) < 4.78 is 68.5. The van der Waals surface area contributed by atoms with E-state index < -0.39 is 97.5 Å². The Bertz CT molecular complexity index is 1910. The Kier molecular flexibility index (Phi) is 72.5. The zero-order chi connectivity index (χ0) is 73.4. The van der Waals surface area contributed by atoms with Crippen LogP contribution >= 0.6 is 15.6 Å². The van der Waals surface area contributed by atoms with E-state index in [2.05, 4.69) is 34.6 Å². The second-order valence-electron chi connectivity index (χ2n) is 29.6. The fourth-order valence-corrected chi connectivity index (χ4v) is 14.2. The van der Waals surface area contributed by atoms with Crippen molar-refractivity contribution in [2.75, 3.05) is 39.6 Å². The molecule has 19 heteroatoms. The molecular formula is C81H158O17P2. The molecule has 100 heavy (non-hydrogen) atoms. The molecule has 0 radical (unpaired) electrons.